The number of amides is 1. The number of aromatic nitrogens is 1. The molecule has 0 aliphatic rings. The van der Waals surface area contributed by atoms with E-state index in [0.29, 0.717) is 22.5 Å². The Kier molecular flexibility index (Phi) is 4.81. The van der Waals surface area contributed by atoms with Gasteiger partial charge in [-0.2, -0.15) is 0 Å². The van der Waals surface area contributed by atoms with Crippen molar-refractivity contribution in [2.45, 2.75) is 26.3 Å². The number of carbonyl (C=O) groups is 1. The van der Waals surface area contributed by atoms with Gasteiger partial charge in [0.2, 0.25) is 0 Å². The van der Waals surface area contributed by atoms with Crippen molar-refractivity contribution in [3.05, 3.63) is 68.6 Å². The molecule has 1 amide bonds. The highest BCUT2D eigenvalue weighted by Crippen LogP contribution is 2.25. The van der Waals surface area contributed by atoms with Crippen molar-refractivity contribution >= 4 is 28.1 Å². The summed E-state index contributed by atoms with van der Waals surface area (Å²) in [6.45, 7) is 4.26. The summed E-state index contributed by atoms with van der Waals surface area (Å²) in [5.41, 5.74) is 0.821. The van der Waals surface area contributed by atoms with Gasteiger partial charge in [0.05, 0.1) is 6.04 Å². The second-order valence-electron chi connectivity index (χ2n) is 6.26. The summed E-state index contributed by atoms with van der Waals surface area (Å²) in [7, 11) is 0. The number of rotatable bonds is 5. The second kappa shape index (κ2) is 7.01. The van der Waals surface area contributed by atoms with Crippen LogP contribution in [0, 0.1) is 5.92 Å². The lowest BCUT2D eigenvalue weighted by atomic mass is 10.0. The van der Waals surface area contributed by atoms with E-state index in [9.17, 15) is 9.59 Å². The first-order chi connectivity index (χ1) is 11.5. The minimum atomic E-state index is -0.253. The van der Waals surface area contributed by atoms with Gasteiger partial charge in [0.1, 0.15) is 5.69 Å². The van der Waals surface area contributed by atoms with Gasteiger partial charge in [0.25, 0.3) is 5.91 Å². The minimum absolute atomic E-state index is 0.0486. The monoisotopic (exact) mass is 340 g/mol. The largest absolute Gasteiger partial charge is 0.350 e. The van der Waals surface area contributed by atoms with Crippen molar-refractivity contribution in [3.63, 3.8) is 0 Å². The highest BCUT2D eigenvalue weighted by Gasteiger charge is 2.19. The Balaban J connectivity index is 1.89. The van der Waals surface area contributed by atoms with Crippen LogP contribution in [0.5, 0.6) is 0 Å². The van der Waals surface area contributed by atoms with Crippen LogP contribution in [0.3, 0.4) is 0 Å². The number of nitrogens with one attached hydrogen (secondary N) is 2. The average Bonchev–Trinajstić information content (AvgIpc) is 3.08. The lowest BCUT2D eigenvalue weighted by molar-refractivity contribution is 0.0928. The molecule has 0 fully saturated rings. The Hall–Kier alpha value is -2.40. The molecule has 3 aromatic rings. The van der Waals surface area contributed by atoms with Gasteiger partial charge in [-0.15, -0.1) is 11.3 Å². The first-order valence-electron chi connectivity index (χ1n) is 8.01. The fraction of sp³-hybridized carbons (Fsp3) is 0.263. The van der Waals surface area contributed by atoms with E-state index in [0.717, 1.165) is 11.3 Å². The third kappa shape index (κ3) is 3.57. The summed E-state index contributed by atoms with van der Waals surface area (Å²) in [6.07, 6.45) is 0.851. The Morgan fingerprint density at radius 1 is 1.21 bits per heavy atom. The van der Waals surface area contributed by atoms with E-state index in [4.69, 9.17) is 0 Å². The topological polar surface area (TPSA) is 62.0 Å². The van der Waals surface area contributed by atoms with Crippen LogP contribution >= 0.6 is 11.3 Å². The third-order valence-electron chi connectivity index (χ3n) is 3.88. The van der Waals surface area contributed by atoms with Gasteiger partial charge in [-0.1, -0.05) is 32.0 Å². The Labute approximate surface area is 144 Å². The van der Waals surface area contributed by atoms with E-state index in [2.05, 4.69) is 24.1 Å². The number of carbonyl (C=O) groups excluding carboxylic acids is 1. The minimum Gasteiger partial charge on any atom is -0.350 e. The lowest BCUT2D eigenvalue weighted by Crippen LogP contribution is -2.30. The molecule has 2 aromatic heterocycles. The fourth-order valence-corrected chi connectivity index (χ4v) is 3.55. The SMILES string of the molecule is CC(C)CC(NC(=O)c1cc(=O)c2ccccc2[nH]1)c1cccs1. The molecule has 0 spiro atoms. The fourth-order valence-electron chi connectivity index (χ4n) is 2.76. The van der Waals surface area contributed by atoms with E-state index in [1.54, 1.807) is 23.5 Å². The van der Waals surface area contributed by atoms with Crippen molar-refractivity contribution in [1.82, 2.24) is 10.3 Å². The van der Waals surface area contributed by atoms with Gasteiger partial charge in [0, 0.05) is 21.8 Å². The smallest absolute Gasteiger partial charge is 0.268 e. The lowest BCUT2D eigenvalue weighted by Gasteiger charge is -2.19. The molecule has 3 rings (SSSR count). The van der Waals surface area contributed by atoms with E-state index >= 15 is 0 Å². The number of aromatic amines is 1. The number of thiophene rings is 1. The molecule has 0 bridgehead atoms. The van der Waals surface area contributed by atoms with E-state index in [1.807, 2.05) is 29.6 Å². The zero-order valence-electron chi connectivity index (χ0n) is 13.7. The summed E-state index contributed by atoms with van der Waals surface area (Å²) >= 11 is 1.63. The normalized spacial score (nSPS) is 12.5. The van der Waals surface area contributed by atoms with Gasteiger partial charge in [0.15, 0.2) is 5.43 Å². The number of H-pyrrole nitrogens is 1. The van der Waals surface area contributed by atoms with Crippen LogP contribution in [0.4, 0.5) is 0 Å². The second-order valence-corrected chi connectivity index (χ2v) is 7.24. The highest BCUT2D eigenvalue weighted by atomic mass is 32.1. The molecule has 24 heavy (non-hydrogen) atoms. The quantitative estimate of drug-likeness (QED) is 0.734. The molecule has 1 aromatic carbocycles. The number of para-hydroxylation sites is 1. The van der Waals surface area contributed by atoms with Gasteiger partial charge in [-0.05, 0) is 35.9 Å². The van der Waals surface area contributed by atoms with Crippen LogP contribution in [0.1, 0.15) is 41.7 Å². The molecular weight excluding hydrogens is 320 g/mol. The molecule has 2 heterocycles. The molecule has 0 aliphatic carbocycles. The standard InChI is InChI=1S/C19H20N2O2S/c1-12(2)10-15(18-8-5-9-24-18)21-19(23)16-11-17(22)13-6-3-4-7-14(13)20-16/h3-9,11-12,15H,10H2,1-2H3,(H,20,22)(H,21,23). The van der Waals surface area contributed by atoms with Crippen molar-refractivity contribution in [1.29, 1.82) is 0 Å². The molecule has 0 aliphatic heterocycles. The maximum Gasteiger partial charge on any atom is 0.268 e. The summed E-state index contributed by atoms with van der Waals surface area (Å²) in [4.78, 5) is 29.0. The van der Waals surface area contributed by atoms with E-state index in [1.165, 1.54) is 6.07 Å². The van der Waals surface area contributed by atoms with Crippen molar-refractivity contribution < 1.29 is 4.79 Å². The molecule has 124 valence electrons. The van der Waals surface area contributed by atoms with Crippen LogP contribution in [0.15, 0.2) is 52.6 Å². The van der Waals surface area contributed by atoms with Gasteiger partial charge >= 0.3 is 0 Å². The van der Waals surface area contributed by atoms with Crippen molar-refractivity contribution in [2.75, 3.05) is 0 Å². The Morgan fingerprint density at radius 3 is 2.71 bits per heavy atom. The highest BCUT2D eigenvalue weighted by molar-refractivity contribution is 7.10. The van der Waals surface area contributed by atoms with Crippen LogP contribution in [-0.4, -0.2) is 10.9 Å². The maximum atomic E-state index is 12.7. The van der Waals surface area contributed by atoms with Crippen LogP contribution in [-0.2, 0) is 0 Å². The molecule has 0 saturated carbocycles. The molecule has 5 heteroatoms. The first kappa shape index (κ1) is 16.5. The van der Waals surface area contributed by atoms with Gasteiger partial charge < -0.3 is 10.3 Å². The zero-order valence-corrected chi connectivity index (χ0v) is 14.5. The van der Waals surface area contributed by atoms with Crippen LogP contribution in [0.25, 0.3) is 10.9 Å². The van der Waals surface area contributed by atoms with Crippen LogP contribution in [0.2, 0.25) is 0 Å². The summed E-state index contributed by atoms with van der Waals surface area (Å²) < 4.78 is 0. The molecule has 2 N–H and O–H groups in total. The van der Waals surface area contributed by atoms with Crippen molar-refractivity contribution in [2.24, 2.45) is 5.92 Å². The van der Waals surface area contributed by atoms with Crippen molar-refractivity contribution in [3.8, 4) is 0 Å². The summed E-state index contributed by atoms with van der Waals surface area (Å²) in [6, 6.07) is 12.5. The number of benzene rings is 1. The first-order valence-corrected chi connectivity index (χ1v) is 8.89. The van der Waals surface area contributed by atoms with Gasteiger partial charge in [-0.25, -0.2) is 0 Å². The van der Waals surface area contributed by atoms with E-state index in [-0.39, 0.29) is 17.4 Å². The summed E-state index contributed by atoms with van der Waals surface area (Å²) in [5.74, 6) is 0.199. The third-order valence-corrected chi connectivity index (χ3v) is 4.87. The molecule has 1 unspecified atom stereocenters. The predicted molar refractivity (Wildman–Crippen MR) is 98.5 cm³/mol. The zero-order chi connectivity index (χ0) is 17.1. The molecule has 0 radical (unpaired) electrons. The molecular formula is C19H20N2O2S. The number of pyridine rings is 1. The molecule has 1 atom stereocenters. The van der Waals surface area contributed by atoms with E-state index < -0.39 is 0 Å². The molecule has 4 nitrogen and oxygen atoms in total. The van der Waals surface area contributed by atoms with Crippen LogP contribution < -0.4 is 10.7 Å². The Bertz CT molecular complexity index is 897. The summed E-state index contributed by atoms with van der Waals surface area (Å²) in [5, 5.41) is 5.66. The number of hydrogen-bond donors (Lipinski definition) is 2. The number of hydrogen-bond acceptors (Lipinski definition) is 3. The average molecular weight is 340 g/mol. The number of fused-ring (bicyclic) bond motifs is 1. The van der Waals surface area contributed by atoms with Gasteiger partial charge in [-0.3, -0.25) is 9.59 Å². The predicted octanol–water partition coefficient (Wildman–Crippen LogP) is 4.11. The maximum absolute atomic E-state index is 12.7. The molecule has 0 saturated heterocycles. The Morgan fingerprint density at radius 2 is 2.00 bits per heavy atom.